The van der Waals surface area contributed by atoms with Gasteiger partial charge in [-0.15, -0.1) is 0 Å². The molecule has 0 unspecified atom stereocenters. The molecule has 0 aromatic heterocycles. The van der Waals surface area contributed by atoms with Crippen LogP contribution in [-0.2, 0) is 9.47 Å². The maximum atomic E-state index is 11.1. The zero-order valence-corrected chi connectivity index (χ0v) is 10.5. The molecule has 1 aromatic carbocycles. The third-order valence-electron chi connectivity index (χ3n) is 2.78. The monoisotopic (exact) mass is 251 g/mol. The Hall–Kier alpha value is -1.59. The molecule has 1 aromatic rings. The Morgan fingerprint density at radius 1 is 1.33 bits per heavy atom. The van der Waals surface area contributed by atoms with Crippen molar-refractivity contribution in [1.82, 2.24) is 0 Å². The molecule has 1 aliphatic heterocycles. The Balaban J connectivity index is 2.04. The third-order valence-corrected chi connectivity index (χ3v) is 2.78. The number of ether oxygens (including phenoxy) is 2. The molecule has 0 amide bonds. The lowest BCUT2D eigenvalue weighted by Gasteiger charge is -2.35. The predicted octanol–water partition coefficient (Wildman–Crippen LogP) is 1.95. The molecule has 0 saturated carbocycles. The first-order chi connectivity index (χ1) is 8.48. The van der Waals surface area contributed by atoms with Crippen molar-refractivity contribution < 1.29 is 19.4 Å². The number of hydrogen-bond acceptors (Lipinski definition) is 4. The van der Waals surface area contributed by atoms with Crippen LogP contribution in [0.1, 0.15) is 24.2 Å². The molecule has 1 fully saturated rings. The number of nitrogens with one attached hydrogen (secondary N) is 1. The summed E-state index contributed by atoms with van der Waals surface area (Å²) in [5.74, 6) is -1.51. The van der Waals surface area contributed by atoms with Gasteiger partial charge in [0.1, 0.15) is 0 Å². The van der Waals surface area contributed by atoms with E-state index in [4.69, 9.17) is 14.6 Å². The molecule has 5 nitrogen and oxygen atoms in total. The van der Waals surface area contributed by atoms with E-state index >= 15 is 0 Å². The summed E-state index contributed by atoms with van der Waals surface area (Å²) in [6.07, 6.45) is 0. The largest absolute Gasteiger partial charge is 0.478 e. The molecule has 0 radical (unpaired) electrons. The molecule has 1 heterocycles. The third kappa shape index (κ3) is 3.00. The van der Waals surface area contributed by atoms with E-state index in [9.17, 15) is 4.79 Å². The minimum atomic E-state index is -0.948. The first-order valence-corrected chi connectivity index (χ1v) is 5.85. The highest BCUT2D eigenvalue weighted by atomic mass is 16.7. The van der Waals surface area contributed by atoms with Crippen LogP contribution in [0.5, 0.6) is 0 Å². The van der Waals surface area contributed by atoms with Gasteiger partial charge < -0.3 is 19.9 Å². The molecule has 2 rings (SSSR count). The van der Waals surface area contributed by atoms with Gasteiger partial charge in [0.05, 0.1) is 24.8 Å². The van der Waals surface area contributed by atoms with E-state index in [1.54, 1.807) is 24.3 Å². The second-order valence-corrected chi connectivity index (χ2v) is 4.71. The molecule has 0 spiro atoms. The minimum Gasteiger partial charge on any atom is -0.478 e. The van der Waals surface area contributed by atoms with Crippen molar-refractivity contribution in [3.63, 3.8) is 0 Å². The number of para-hydroxylation sites is 1. The van der Waals surface area contributed by atoms with Crippen molar-refractivity contribution in [2.45, 2.75) is 25.7 Å². The normalized spacial score (nSPS) is 19.4. The topological polar surface area (TPSA) is 67.8 Å². The number of carboxylic acids is 1. The number of rotatable bonds is 3. The second kappa shape index (κ2) is 4.96. The molecular formula is C13H17NO4. The fourth-order valence-corrected chi connectivity index (χ4v) is 1.79. The molecule has 0 bridgehead atoms. The smallest absolute Gasteiger partial charge is 0.337 e. The van der Waals surface area contributed by atoms with E-state index in [0.717, 1.165) is 0 Å². The number of benzene rings is 1. The van der Waals surface area contributed by atoms with Crippen LogP contribution in [0.3, 0.4) is 0 Å². The number of carboxylic acid groups (broad SMARTS) is 1. The summed E-state index contributed by atoms with van der Waals surface area (Å²) in [5.41, 5.74) is 0.837. The van der Waals surface area contributed by atoms with Gasteiger partial charge in [0.25, 0.3) is 0 Å². The van der Waals surface area contributed by atoms with Gasteiger partial charge in [0.15, 0.2) is 5.79 Å². The number of hydrogen-bond donors (Lipinski definition) is 2. The van der Waals surface area contributed by atoms with E-state index in [1.807, 2.05) is 13.8 Å². The molecule has 2 N–H and O–H groups in total. The number of aromatic carboxylic acids is 1. The molecule has 0 aliphatic carbocycles. The van der Waals surface area contributed by atoms with Crippen molar-refractivity contribution in [2.24, 2.45) is 0 Å². The van der Waals surface area contributed by atoms with Gasteiger partial charge in [-0.2, -0.15) is 0 Å². The summed E-state index contributed by atoms with van der Waals surface area (Å²) in [5, 5.41) is 12.2. The molecule has 5 heteroatoms. The maximum absolute atomic E-state index is 11.1. The van der Waals surface area contributed by atoms with Crippen LogP contribution < -0.4 is 5.32 Å². The average molecular weight is 251 g/mol. The summed E-state index contributed by atoms with van der Waals surface area (Å²) in [6.45, 7) is 4.69. The number of anilines is 1. The SMILES string of the molecule is CC1(C)OCC(Nc2ccccc2C(=O)O)CO1. The minimum absolute atomic E-state index is 0.0430. The van der Waals surface area contributed by atoms with Gasteiger partial charge in [0.2, 0.25) is 0 Å². The Kier molecular flexibility index (Phi) is 3.54. The molecule has 1 saturated heterocycles. The summed E-state index contributed by atoms with van der Waals surface area (Å²) in [4.78, 5) is 11.1. The van der Waals surface area contributed by atoms with Gasteiger partial charge in [-0.3, -0.25) is 0 Å². The van der Waals surface area contributed by atoms with Crippen LogP contribution in [0.4, 0.5) is 5.69 Å². The van der Waals surface area contributed by atoms with Crippen LogP contribution >= 0.6 is 0 Å². The molecule has 1 aliphatic rings. The van der Waals surface area contributed by atoms with Gasteiger partial charge in [-0.05, 0) is 26.0 Å². The van der Waals surface area contributed by atoms with Crippen molar-refractivity contribution in [1.29, 1.82) is 0 Å². The quantitative estimate of drug-likeness (QED) is 0.859. The van der Waals surface area contributed by atoms with Crippen molar-refractivity contribution in [3.8, 4) is 0 Å². The van der Waals surface area contributed by atoms with Gasteiger partial charge in [-0.25, -0.2) is 4.79 Å². The average Bonchev–Trinajstić information content (AvgIpc) is 2.32. The summed E-state index contributed by atoms with van der Waals surface area (Å²) >= 11 is 0. The fourth-order valence-electron chi connectivity index (χ4n) is 1.79. The molecule has 18 heavy (non-hydrogen) atoms. The molecule has 0 atom stereocenters. The van der Waals surface area contributed by atoms with E-state index in [-0.39, 0.29) is 11.6 Å². The second-order valence-electron chi connectivity index (χ2n) is 4.71. The highest BCUT2D eigenvalue weighted by Gasteiger charge is 2.28. The standard InChI is InChI=1S/C13H17NO4/c1-13(2)17-7-9(8-18-13)14-11-6-4-3-5-10(11)12(15)16/h3-6,9,14H,7-8H2,1-2H3,(H,15,16). The lowest BCUT2D eigenvalue weighted by Crippen LogP contribution is -2.45. The van der Waals surface area contributed by atoms with Crippen LogP contribution in [0, 0.1) is 0 Å². The zero-order valence-electron chi connectivity index (χ0n) is 10.5. The maximum Gasteiger partial charge on any atom is 0.337 e. The summed E-state index contributed by atoms with van der Waals surface area (Å²) < 4.78 is 11.0. The summed E-state index contributed by atoms with van der Waals surface area (Å²) in [7, 11) is 0. The molecule has 98 valence electrons. The lowest BCUT2D eigenvalue weighted by atomic mass is 10.1. The Labute approximate surface area is 106 Å². The zero-order chi connectivity index (χ0) is 13.2. The Morgan fingerprint density at radius 2 is 1.94 bits per heavy atom. The summed E-state index contributed by atoms with van der Waals surface area (Å²) in [6, 6.07) is 6.76. The first-order valence-electron chi connectivity index (χ1n) is 5.85. The van der Waals surface area contributed by atoms with Crippen LogP contribution in [-0.4, -0.2) is 36.1 Å². The Morgan fingerprint density at radius 3 is 2.56 bits per heavy atom. The highest BCUT2D eigenvalue weighted by molar-refractivity contribution is 5.94. The lowest BCUT2D eigenvalue weighted by molar-refractivity contribution is -0.247. The first kappa shape index (κ1) is 12.9. The van der Waals surface area contributed by atoms with Crippen LogP contribution in [0.15, 0.2) is 24.3 Å². The Bertz CT molecular complexity index is 434. The van der Waals surface area contributed by atoms with Crippen molar-refractivity contribution in [2.75, 3.05) is 18.5 Å². The fraction of sp³-hybridized carbons (Fsp3) is 0.462. The number of carbonyl (C=O) groups is 1. The van der Waals surface area contributed by atoms with Crippen LogP contribution in [0.25, 0.3) is 0 Å². The van der Waals surface area contributed by atoms with Crippen molar-refractivity contribution in [3.05, 3.63) is 29.8 Å². The van der Waals surface area contributed by atoms with Gasteiger partial charge >= 0.3 is 5.97 Å². The van der Waals surface area contributed by atoms with E-state index < -0.39 is 11.8 Å². The van der Waals surface area contributed by atoms with Gasteiger partial charge in [-0.1, -0.05) is 12.1 Å². The van der Waals surface area contributed by atoms with E-state index in [2.05, 4.69) is 5.32 Å². The highest BCUT2D eigenvalue weighted by Crippen LogP contribution is 2.21. The van der Waals surface area contributed by atoms with Crippen molar-refractivity contribution >= 4 is 11.7 Å². The van der Waals surface area contributed by atoms with Gasteiger partial charge in [0, 0.05) is 5.69 Å². The van der Waals surface area contributed by atoms with E-state index in [1.165, 1.54) is 0 Å². The van der Waals surface area contributed by atoms with Crippen LogP contribution in [0.2, 0.25) is 0 Å². The molecular weight excluding hydrogens is 234 g/mol. The predicted molar refractivity (Wildman–Crippen MR) is 66.8 cm³/mol. The van der Waals surface area contributed by atoms with E-state index in [0.29, 0.717) is 18.9 Å².